The number of carbonyl (C=O) groups excluding carboxylic acids is 1. The summed E-state index contributed by atoms with van der Waals surface area (Å²) in [6.45, 7) is 7.01. The summed E-state index contributed by atoms with van der Waals surface area (Å²) >= 11 is 0. The molecular formula is C18H29N3O4. The van der Waals surface area contributed by atoms with Gasteiger partial charge in [0.05, 0.1) is 4.92 Å². The van der Waals surface area contributed by atoms with Crippen molar-refractivity contribution >= 4 is 17.5 Å². The van der Waals surface area contributed by atoms with Crippen LogP contribution in [0.1, 0.15) is 52.9 Å². The smallest absolute Gasteiger partial charge is 0.407 e. The van der Waals surface area contributed by atoms with Gasteiger partial charge in [-0.15, -0.1) is 0 Å². The van der Waals surface area contributed by atoms with Gasteiger partial charge in [-0.05, 0) is 45.7 Å². The number of amides is 1. The molecule has 2 N–H and O–H groups in total. The van der Waals surface area contributed by atoms with Crippen LogP contribution in [0.25, 0.3) is 0 Å². The summed E-state index contributed by atoms with van der Waals surface area (Å²) in [7, 11) is 0. The average molecular weight is 351 g/mol. The Hall–Kier alpha value is -2.31. The van der Waals surface area contributed by atoms with Crippen LogP contribution in [-0.2, 0) is 4.74 Å². The van der Waals surface area contributed by atoms with Gasteiger partial charge in [0.1, 0.15) is 5.60 Å². The minimum atomic E-state index is -0.458. The van der Waals surface area contributed by atoms with Gasteiger partial charge in [0.2, 0.25) is 0 Å². The molecule has 25 heavy (non-hydrogen) atoms. The summed E-state index contributed by atoms with van der Waals surface area (Å²) in [6.07, 6.45) is 4.89. The van der Waals surface area contributed by atoms with E-state index in [0.717, 1.165) is 44.3 Å². The van der Waals surface area contributed by atoms with Crippen molar-refractivity contribution in [3.8, 4) is 0 Å². The Labute approximate surface area is 149 Å². The fraction of sp³-hybridized carbons (Fsp3) is 0.611. The van der Waals surface area contributed by atoms with Crippen LogP contribution < -0.4 is 10.6 Å². The van der Waals surface area contributed by atoms with Crippen LogP contribution in [0.15, 0.2) is 24.3 Å². The van der Waals surface area contributed by atoms with Crippen LogP contribution in [0.4, 0.5) is 16.2 Å². The highest BCUT2D eigenvalue weighted by molar-refractivity contribution is 5.67. The molecule has 0 aliphatic carbocycles. The van der Waals surface area contributed by atoms with Gasteiger partial charge in [-0.25, -0.2) is 4.79 Å². The number of hydrogen-bond acceptors (Lipinski definition) is 5. The van der Waals surface area contributed by atoms with E-state index in [9.17, 15) is 14.9 Å². The van der Waals surface area contributed by atoms with E-state index >= 15 is 0 Å². The van der Waals surface area contributed by atoms with Crippen molar-refractivity contribution in [2.75, 3.05) is 18.4 Å². The highest BCUT2D eigenvalue weighted by Crippen LogP contribution is 2.15. The average Bonchev–Trinajstić information content (AvgIpc) is 2.52. The molecule has 0 aliphatic heterocycles. The largest absolute Gasteiger partial charge is 0.444 e. The number of non-ortho nitro benzene ring substituents is 1. The lowest BCUT2D eigenvalue weighted by atomic mass is 10.1. The second kappa shape index (κ2) is 10.5. The van der Waals surface area contributed by atoms with E-state index in [1.54, 1.807) is 12.1 Å². The lowest BCUT2D eigenvalue weighted by Crippen LogP contribution is -2.32. The normalized spacial score (nSPS) is 11.0. The SMILES string of the molecule is CC(C)(C)OC(=O)NCCCCCCCNc1ccc([N+](=O)[O-])cc1. The maximum Gasteiger partial charge on any atom is 0.407 e. The van der Waals surface area contributed by atoms with Crippen LogP contribution >= 0.6 is 0 Å². The first kappa shape index (κ1) is 20.7. The second-order valence-corrected chi connectivity index (χ2v) is 6.93. The summed E-state index contributed by atoms with van der Waals surface area (Å²) in [5.41, 5.74) is 0.540. The molecular weight excluding hydrogens is 322 g/mol. The molecule has 0 aromatic heterocycles. The number of nitro groups is 1. The molecule has 7 nitrogen and oxygen atoms in total. The van der Waals surface area contributed by atoms with Crippen molar-refractivity contribution in [3.63, 3.8) is 0 Å². The number of nitro benzene ring substituents is 1. The second-order valence-electron chi connectivity index (χ2n) is 6.93. The van der Waals surface area contributed by atoms with Crippen molar-refractivity contribution in [1.82, 2.24) is 5.32 Å². The first-order chi connectivity index (χ1) is 11.8. The molecule has 0 saturated heterocycles. The third-order valence-corrected chi connectivity index (χ3v) is 3.43. The summed E-state index contributed by atoms with van der Waals surface area (Å²) < 4.78 is 5.16. The van der Waals surface area contributed by atoms with Gasteiger partial charge in [0.25, 0.3) is 5.69 Å². The quantitative estimate of drug-likeness (QED) is 0.368. The van der Waals surface area contributed by atoms with Gasteiger partial charge >= 0.3 is 6.09 Å². The summed E-state index contributed by atoms with van der Waals surface area (Å²) in [6, 6.07) is 6.45. The van der Waals surface area contributed by atoms with Crippen molar-refractivity contribution in [2.24, 2.45) is 0 Å². The van der Waals surface area contributed by atoms with Gasteiger partial charge in [-0.2, -0.15) is 0 Å². The Morgan fingerprint density at radius 2 is 1.60 bits per heavy atom. The molecule has 1 aromatic rings. The zero-order valence-corrected chi connectivity index (χ0v) is 15.3. The number of rotatable bonds is 10. The molecule has 140 valence electrons. The number of alkyl carbamates (subject to hydrolysis) is 1. The lowest BCUT2D eigenvalue weighted by molar-refractivity contribution is -0.384. The van der Waals surface area contributed by atoms with E-state index in [-0.39, 0.29) is 11.8 Å². The number of hydrogen-bond donors (Lipinski definition) is 2. The molecule has 0 heterocycles. The zero-order valence-electron chi connectivity index (χ0n) is 15.3. The minimum absolute atomic E-state index is 0.102. The molecule has 0 aliphatic rings. The monoisotopic (exact) mass is 351 g/mol. The van der Waals surface area contributed by atoms with Gasteiger partial charge in [0, 0.05) is 30.9 Å². The van der Waals surface area contributed by atoms with Crippen LogP contribution in [0.5, 0.6) is 0 Å². The maximum atomic E-state index is 11.4. The Morgan fingerprint density at radius 1 is 1.04 bits per heavy atom. The van der Waals surface area contributed by atoms with E-state index in [1.165, 1.54) is 12.1 Å². The Morgan fingerprint density at radius 3 is 2.16 bits per heavy atom. The summed E-state index contributed by atoms with van der Waals surface area (Å²) in [4.78, 5) is 21.6. The van der Waals surface area contributed by atoms with Crippen LogP contribution in [-0.4, -0.2) is 29.7 Å². The fourth-order valence-corrected chi connectivity index (χ4v) is 2.22. The number of ether oxygens (including phenoxy) is 1. The predicted molar refractivity (Wildman–Crippen MR) is 98.9 cm³/mol. The summed E-state index contributed by atoms with van der Waals surface area (Å²) in [5, 5.41) is 16.6. The zero-order chi connectivity index (χ0) is 18.7. The maximum absolute atomic E-state index is 11.4. The highest BCUT2D eigenvalue weighted by atomic mass is 16.6. The molecule has 0 bridgehead atoms. The van der Waals surface area contributed by atoms with Gasteiger partial charge in [-0.3, -0.25) is 10.1 Å². The van der Waals surface area contributed by atoms with Gasteiger partial charge in [-0.1, -0.05) is 19.3 Å². The number of anilines is 1. The number of unbranched alkanes of at least 4 members (excludes halogenated alkanes) is 4. The number of carbonyl (C=O) groups is 1. The number of nitrogens with one attached hydrogen (secondary N) is 2. The van der Waals surface area contributed by atoms with Crippen LogP contribution in [0, 0.1) is 10.1 Å². The number of benzene rings is 1. The Bertz CT molecular complexity index is 538. The molecule has 0 atom stereocenters. The third-order valence-electron chi connectivity index (χ3n) is 3.43. The third kappa shape index (κ3) is 10.2. The van der Waals surface area contributed by atoms with Gasteiger partial charge < -0.3 is 15.4 Å². The Kier molecular flexibility index (Phi) is 8.74. The minimum Gasteiger partial charge on any atom is -0.444 e. The van der Waals surface area contributed by atoms with E-state index in [0.29, 0.717) is 6.54 Å². The van der Waals surface area contributed by atoms with E-state index < -0.39 is 10.5 Å². The first-order valence-electron chi connectivity index (χ1n) is 8.73. The van der Waals surface area contributed by atoms with E-state index in [4.69, 9.17) is 4.74 Å². The van der Waals surface area contributed by atoms with Crippen LogP contribution in [0.2, 0.25) is 0 Å². The molecule has 0 spiro atoms. The predicted octanol–water partition coefficient (Wildman–Crippen LogP) is 4.48. The molecule has 0 radical (unpaired) electrons. The molecule has 0 saturated carbocycles. The van der Waals surface area contributed by atoms with Crippen molar-refractivity contribution in [3.05, 3.63) is 34.4 Å². The molecule has 1 rings (SSSR count). The van der Waals surface area contributed by atoms with Crippen molar-refractivity contribution in [2.45, 2.75) is 58.5 Å². The Balaban J connectivity index is 1.98. The molecule has 0 unspecified atom stereocenters. The first-order valence-corrected chi connectivity index (χ1v) is 8.73. The fourth-order valence-electron chi connectivity index (χ4n) is 2.22. The molecule has 1 aromatic carbocycles. The topological polar surface area (TPSA) is 93.5 Å². The van der Waals surface area contributed by atoms with Crippen molar-refractivity contribution < 1.29 is 14.5 Å². The number of nitrogens with zero attached hydrogens (tertiary/aromatic N) is 1. The molecule has 0 fully saturated rings. The van der Waals surface area contributed by atoms with Gasteiger partial charge in [0.15, 0.2) is 0 Å². The van der Waals surface area contributed by atoms with E-state index in [2.05, 4.69) is 10.6 Å². The lowest BCUT2D eigenvalue weighted by Gasteiger charge is -2.19. The molecule has 1 amide bonds. The highest BCUT2D eigenvalue weighted by Gasteiger charge is 2.15. The van der Waals surface area contributed by atoms with Crippen molar-refractivity contribution in [1.29, 1.82) is 0 Å². The standard InChI is InChI=1S/C18H29N3O4/c1-18(2,3)25-17(22)20-14-8-6-4-5-7-13-19-15-9-11-16(12-10-15)21(23)24/h9-12,19H,4-8,13-14H2,1-3H3,(H,20,22). The van der Waals surface area contributed by atoms with E-state index in [1.807, 2.05) is 20.8 Å². The summed E-state index contributed by atoms with van der Waals surface area (Å²) in [5.74, 6) is 0. The molecule has 7 heteroatoms. The van der Waals surface area contributed by atoms with Crippen LogP contribution in [0.3, 0.4) is 0 Å².